The van der Waals surface area contributed by atoms with Gasteiger partial charge >= 0.3 is 0 Å². The third-order valence-electron chi connectivity index (χ3n) is 4.97. The van der Waals surface area contributed by atoms with E-state index in [1.165, 1.54) is 30.3 Å². The zero-order valence-electron chi connectivity index (χ0n) is 14.6. The Hall–Kier alpha value is -2.47. The molecule has 0 saturated heterocycles. The highest BCUT2D eigenvalue weighted by Crippen LogP contribution is 2.35. The van der Waals surface area contributed by atoms with E-state index in [4.69, 9.17) is 4.74 Å². The molecule has 0 amide bonds. The zero-order valence-corrected chi connectivity index (χ0v) is 14.6. The van der Waals surface area contributed by atoms with Crippen molar-refractivity contribution in [1.29, 1.82) is 0 Å². The van der Waals surface area contributed by atoms with E-state index in [1.54, 1.807) is 11.6 Å². The van der Waals surface area contributed by atoms with Gasteiger partial charge in [0.1, 0.15) is 12.1 Å². The molecule has 0 saturated carbocycles. The van der Waals surface area contributed by atoms with Gasteiger partial charge in [-0.05, 0) is 36.3 Å². The second-order valence-electron chi connectivity index (χ2n) is 6.73. The van der Waals surface area contributed by atoms with E-state index < -0.39 is 0 Å². The first-order valence-corrected chi connectivity index (χ1v) is 8.79. The van der Waals surface area contributed by atoms with E-state index in [0.717, 1.165) is 17.9 Å². The van der Waals surface area contributed by atoms with Gasteiger partial charge in [-0.15, -0.1) is 0 Å². The summed E-state index contributed by atoms with van der Waals surface area (Å²) in [5.74, 6) is 2.02. The summed E-state index contributed by atoms with van der Waals surface area (Å²) < 4.78 is 7.01. The van der Waals surface area contributed by atoms with Gasteiger partial charge in [-0.1, -0.05) is 31.2 Å². The zero-order chi connectivity index (χ0) is 17.2. The molecule has 0 fully saturated rings. The molecule has 6 heteroatoms. The summed E-state index contributed by atoms with van der Waals surface area (Å²) in [7, 11) is 1.67. The average molecular weight is 337 g/mol. The van der Waals surface area contributed by atoms with Gasteiger partial charge in [-0.3, -0.25) is 0 Å². The lowest BCUT2D eigenvalue weighted by molar-refractivity contribution is 0.181. The molecule has 1 aromatic carbocycles. The van der Waals surface area contributed by atoms with Crippen LogP contribution in [0.3, 0.4) is 0 Å². The molecule has 6 nitrogen and oxygen atoms in total. The molecular formula is C19H23N5O. The topological polar surface area (TPSA) is 64.3 Å². The first-order valence-electron chi connectivity index (χ1n) is 8.79. The first-order chi connectivity index (χ1) is 12.3. The molecule has 2 aromatic heterocycles. The SMILES string of the molecule is COCc1cc(N[C@@H]2c3ccccc3CCC[C@H]2C)n2ncnc2n1. The van der Waals surface area contributed by atoms with E-state index in [0.29, 0.717) is 18.3 Å². The summed E-state index contributed by atoms with van der Waals surface area (Å²) in [6.45, 7) is 2.77. The number of methoxy groups -OCH3 is 1. The second kappa shape index (κ2) is 6.80. The number of nitrogens with one attached hydrogen (secondary N) is 1. The Labute approximate surface area is 147 Å². The molecular weight excluding hydrogens is 314 g/mol. The van der Waals surface area contributed by atoms with E-state index in [2.05, 4.69) is 51.6 Å². The van der Waals surface area contributed by atoms with Crippen LogP contribution in [0, 0.1) is 5.92 Å². The normalized spacial score (nSPS) is 20.2. The predicted molar refractivity (Wildman–Crippen MR) is 96.4 cm³/mol. The standard InChI is InChI=1S/C19H23N5O/c1-13-6-5-8-14-7-3-4-9-16(14)18(13)23-17-10-15(11-25-2)22-19-20-12-21-24(17)19/h3-4,7,9-10,12-13,18,23H,5-6,8,11H2,1-2H3/t13-,18+/m1/s1. The molecule has 1 aliphatic carbocycles. The van der Waals surface area contributed by atoms with Crippen LogP contribution in [0.5, 0.6) is 0 Å². The highest BCUT2D eigenvalue weighted by atomic mass is 16.5. The number of benzene rings is 1. The summed E-state index contributed by atoms with van der Waals surface area (Å²) >= 11 is 0. The van der Waals surface area contributed by atoms with Crippen LogP contribution in [0.15, 0.2) is 36.7 Å². The maximum atomic E-state index is 5.25. The summed E-state index contributed by atoms with van der Waals surface area (Å²) in [6, 6.07) is 11.0. The van der Waals surface area contributed by atoms with E-state index in [1.807, 2.05) is 6.07 Å². The third-order valence-corrected chi connectivity index (χ3v) is 4.97. The maximum Gasteiger partial charge on any atom is 0.254 e. The Bertz CT molecular complexity index is 875. The molecule has 25 heavy (non-hydrogen) atoms. The van der Waals surface area contributed by atoms with Crippen LogP contribution in [0.25, 0.3) is 5.78 Å². The Kier molecular flexibility index (Phi) is 4.36. The van der Waals surface area contributed by atoms with E-state index >= 15 is 0 Å². The van der Waals surface area contributed by atoms with Crippen LogP contribution in [-0.4, -0.2) is 26.7 Å². The van der Waals surface area contributed by atoms with Gasteiger partial charge in [0.2, 0.25) is 0 Å². The van der Waals surface area contributed by atoms with Crippen LogP contribution >= 0.6 is 0 Å². The molecule has 0 radical (unpaired) electrons. The largest absolute Gasteiger partial charge is 0.378 e. The molecule has 0 unspecified atom stereocenters. The number of aromatic nitrogens is 4. The Morgan fingerprint density at radius 1 is 1.32 bits per heavy atom. The lowest BCUT2D eigenvalue weighted by atomic mass is 9.92. The predicted octanol–water partition coefficient (Wildman–Crippen LogP) is 3.40. The number of hydrogen-bond acceptors (Lipinski definition) is 5. The van der Waals surface area contributed by atoms with Crippen molar-refractivity contribution in [2.45, 2.75) is 38.8 Å². The fourth-order valence-corrected chi connectivity index (χ4v) is 3.72. The molecule has 1 N–H and O–H groups in total. The fourth-order valence-electron chi connectivity index (χ4n) is 3.72. The van der Waals surface area contributed by atoms with Crippen molar-refractivity contribution in [2.75, 3.05) is 12.4 Å². The summed E-state index contributed by atoms with van der Waals surface area (Å²) in [4.78, 5) is 8.73. The Morgan fingerprint density at radius 3 is 3.08 bits per heavy atom. The van der Waals surface area contributed by atoms with Crippen molar-refractivity contribution in [3.05, 3.63) is 53.5 Å². The van der Waals surface area contributed by atoms with Gasteiger partial charge in [-0.2, -0.15) is 14.6 Å². The third kappa shape index (κ3) is 3.09. The number of nitrogens with zero attached hydrogens (tertiary/aromatic N) is 4. The number of anilines is 1. The molecule has 0 aliphatic heterocycles. The quantitative estimate of drug-likeness (QED) is 0.739. The molecule has 0 bridgehead atoms. The summed E-state index contributed by atoms with van der Waals surface area (Å²) in [5, 5.41) is 8.05. The summed E-state index contributed by atoms with van der Waals surface area (Å²) in [6.07, 6.45) is 5.10. The number of rotatable bonds is 4. The van der Waals surface area contributed by atoms with Crippen molar-refractivity contribution in [2.24, 2.45) is 5.92 Å². The lowest BCUT2D eigenvalue weighted by Crippen LogP contribution is -2.20. The van der Waals surface area contributed by atoms with E-state index in [9.17, 15) is 0 Å². The minimum atomic E-state index is 0.240. The molecule has 3 aromatic rings. The van der Waals surface area contributed by atoms with Crippen molar-refractivity contribution in [1.82, 2.24) is 19.6 Å². The highest BCUT2D eigenvalue weighted by molar-refractivity contribution is 5.48. The smallest absolute Gasteiger partial charge is 0.254 e. The van der Waals surface area contributed by atoms with Gasteiger partial charge < -0.3 is 10.1 Å². The van der Waals surface area contributed by atoms with Crippen LogP contribution < -0.4 is 5.32 Å². The van der Waals surface area contributed by atoms with Gasteiger partial charge in [0.25, 0.3) is 5.78 Å². The highest BCUT2D eigenvalue weighted by Gasteiger charge is 2.25. The van der Waals surface area contributed by atoms with Gasteiger partial charge in [0, 0.05) is 13.2 Å². The Morgan fingerprint density at radius 2 is 2.20 bits per heavy atom. The number of aryl methyl sites for hydroxylation is 1. The molecule has 4 rings (SSSR count). The van der Waals surface area contributed by atoms with Crippen molar-refractivity contribution >= 4 is 11.6 Å². The minimum absolute atomic E-state index is 0.240. The fraction of sp³-hybridized carbons (Fsp3) is 0.421. The van der Waals surface area contributed by atoms with Gasteiger partial charge in [-0.25, -0.2) is 4.98 Å². The maximum absolute atomic E-state index is 5.25. The van der Waals surface area contributed by atoms with E-state index in [-0.39, 0.29) is 6.04 Å². The minimum Gasteiger partial charge on any atom is -0.378 e. The second-order valence-corrected chi connectivity index (χ2v) is 6.73. The molecule has 2 heterocycles. The first kappa shape index (κ1) is 16.0. The van der Waals surface area contributed by atoms with Crippen molar-refractivity contribution < 1.29 is 4.74 Å². The monoisotopic (exact) mass is 337 g/mol. The molecule has 1 aliphatic rings. The lowest BCUT2D eigenvalue weighted by Gasteiger charge is -2.26. The van der Waals surface area contributed by atoms with Crippen molar-refractivity contribution in [3.8, 4) is 0 Å². The molecule has 130 valence electrons. The molecule has 0 spiro atoms. The number of fused-ring (bicyclic) bond motifs is 2. The Balaban J connectivity index is 1.76. The average Bonchev–Trinajstić information content (AvgIpc) is 3.03. The van der Waals surface area contributed by atoms with Crippen LogP contribution in [0.2, 0.25) is 0 Å². The molecule has 2 atom stereocenters. The van der Waals surface area contributed by atoms with Gasteiger partial charge in [0.15, 0.2) is 0 Å². The summed E-state index contributed by atoms with van der Waals surface area (Å²) in [5.41, 5.74) is 3.66. The van der Waals surface area contributed by atoms with Crippen LogP contribution in [-0.2, 0) is 17.8 Å². The van der Waals surface area contributed by atoms with Crippen LogP contribution in [0.1, 0.15) is 42.6 Å². The number of ether oxygens (including phenoxy) is 1. The van der Waals surface area contributed by atoms with Gasteiger partial charge in [0.05, 0.1) is 18.3 Å². The van der Waals surface area contributed by atoms with Crippen LogP contribution in [0.4, 0.5) is 5.82 Å². The van der Waals surface area contributed by atoms with Crippen molar-refractivity contribution in [3.63, 3.8) is 0 Å². The number of hydrogen-bond donors (Lipinski definition) is 1.